The molecule has 0 aromatic heterocycles. The van der Waals surface area contributed by atoms with Crippen LogP contribution in [-0.2, 0) is 21.0 Å². The summed E-state index contributed by atoms with van der Waals surface area (Å²) in [5.74, 6) is -0.0629. The van der Waals surface area contributed by atoms with Crippen molar-refractivity contribution in [2.75, 3.05) is 24.7 Å². The van der Waals surface area contributed by atoms with Crippen LogP contribution >= 0.6 is 0 Å². The monoisotopic (exact) mass is 318 g/mol. The van der Waals surface area contributed by atoms with Crippen LogP contribution in [0, 0.1) is 0 Å². The molecule has 0 saturated carbocycles. The predicted molar refractivity (Wildman–Crippen MR) is 66.6 cm³/mol. The van der Waals surface area contributed by atoms with Crippen molar-refractivity contribution in [3.05, 3.63) is 0 Å². The molecule has 1 aliphatic rings. The van der Waals surface area contributed by atoms with Crippen LogP contribution in [0.2, 0.25) is 0 Å². The Hall–Kier alpha value is 0.0600. The second-order valence-corrected chi connectivity index (χ2v) is 8.37. The molecule has 0 aromatic rings. The van der Waals surface area contributed by atoms with E-state index >= 15 is 0 Å². The summed E-state index contributed by atoms with van der Waals surface area (Å²) in [6.07, 6.45) is -3.79. The number of hydrogen-bond donors (Lipinski definition) is 5. The maximum atomic E-state index is 10.8. The molecule has 19 heavy (non-hydrogen) atoms. The van der Waals surface area contributed by atoms with E-state index < -0.39 is 63.0 Å². The fourth-order valence-electron chi connectivity index (χ4n) is 2.02. The van der Waals surface area contributed by atoms with Crippen LogP contribution in [0.5, 0.6) is 0 Å². The maximum Gasteiger partial charge on any atom is 0.169 e. The normalized spacial score (nSPS) is 35.3. The Balaban J connectivity index is 2.73. The summed E-state index contributed by atoms with van der Waals surface area (Å²) in [4.78, 5) is 0. The first-order chi connectivity index (χ1) is 8.72. The SMILES string of the molecule is O=S(=O)([O-])C(CO)C(O)C[S+]1C[C@H](O)[C@@H](O)[C@H]1CO. The lowest BCUT2D eigenvalue weighted by atomic mass is 10.2. The van der Waals surface area contributed by atoms with Crippen molar-refractivity contribution in [1.29, 1.82) is 0 Å². The van der Waals surface area contributed by atoms with Crippen LogP contribution in [-0.4, -0.2) is 92.0 Å². The molecule has 114 valence electrons. The summed E-state index contributed by atoms with van der Waals surface area (Å²) in [6, 6.07) is 0. The highest BCUT2D eigenvalue weighted by Gasteiger charge is 2.50. The molecule has 1 rings (SSSR count). The Bertz CT molecular complexity index is 386. The van der Waals surface area contributed by atoms with Gasteiger partial charge in [-0.1, -0.05) is 0 Å². The lowest BCUT2D eigenvalue weighted by molar-refractivity contribution is 0.0325. The molecule has 10 heteroatoms. The van der Waals surface area contributed by atoms with E-state index in [9.17, 15) is 28.3 Å². The van der Waals surface area contributed by atoms with Crippen molar-refractivity contribution in [2.45, 2.75) is 28.8 Å². The largest absolute Gasteiger partial charge is 0.748 e. The molecule has 0 radical (unpaired) electrons. The molecular formula is C9H18O8S2. The van der Waals surface area contributed by atoms with Crippen molar-refractivity contribution >= 4 is 21.0 Å². The van der Waals surface area contributed by atoms with Gasteiger partial charge in [-0.25, -0.2) is 8.42 Å². The fraction of sp³-hybridized carbons (Fsp3) is 1.00. The molecule has 1 fully saturated rings. The van der Waals surface area contributed by atoms with Gasteiger partial charge in [-0.05, 0) is 0 Å². The average Bonchev–Trinajstić information content (AvgIpc) is 2.53. The molecule has 8 nitrogen and oxygen atoms in total. The van der Waals surface area contributed by atoms with E-state index in [1.165, 1.54) is 0 Å². The zero-order valence-corrected chi connectivity index (χ0v) is 11.6. The van der Waals surface area contributed by atoms with Crippen LogP contribution in [0.1, 0.15) is 0 Å². The summed E-state index contributed by atoms with van der Waals surface area (Å²) < 4.78 is 32.5. The summed E-state index contributed by atoms with van der Waals surface area (Å²) in [5, 5.41) is 44.2. The minimum absolute atomic E-state index is 0.112. The van der Waals surface area contributed by atoms with Crippen LogP contribution in [0.4, 0.5) is 0 Å². The van der Waals surface area contributed by atoms with Crippen LogP contribution in [0.15, 0.2) is 0 Å². The molecule has 6 atom stereocenters. The zero-order chi connectivity index (χ0) is 14.8. The second kappa shape index (κ2) is 6.68. The highest BCUT2D eigenvalue weighted by atomic mass is 32.2. The van der Waals surface area contributed by atoms with E-state index in [1.807, 2.05) is 0 Å². The van der Waals surface area contributed by atoms with Crippen molar-refractivity contribution in [3.63, 3.8) is 0 Å². The second-order valence-electron chi connectivity index (χ2n) is 4.43. The Morgan fingerprint density at radius 3 is 2.32 bits per heavy atom. The third-order valence-corrected chi connectivity index (χ3v) is 7.16. The maximum absolute atomic E-state index is 10.8. The molecule has 1 saturated heterocycles. The Labute approximate surface area is 113 Å². The number of rotatable bonds is 6. The van der Waals surface area contributed by atoms with E-state index in [1.54, 1.807) is 0 Å². The molecule has 0 bridgehead atoms. The smallest absolute Gasteiger partial charge is 0.169 e. The average molecular weight is 318 g/mol. The van der Waals surface area contributed by atoms with Gasteiger partial charge in [0.05, 0.1) is 13.2 Å². The van der Waals surface area contributed by atoms with E-state index in [4.69, 9.17) is 10.2 Å². The molecule has 0 amide bonds. The minimum Gasteiger partial charge on any atom is -0.748 e. The van der Waals surface area contributed by atoms with Crippen molar-refractivity contribution < 1.29 is 38.5 Å². The van der Waals surface area contributed by atoms with E-state index in [-0.39, 0.29) is 11.5 Å². The molecule has 3 unspecified atom stereocenters. The van der Waals surface area contributed by atoms with E-state index in [0.717, 1.165) is 0 Å². The van der Waals surface area contributed by atoms with E-state index in [2.05, 4.69) is 0 Å². The number of aliphatic hydroxyl groups is 5. The van der Waals surface area contributed by atoms with Gasteiger partial charge in [0, 0.05) is 10.9 Å². The predicted octanol–water partition coefficient (Wildman–Crippen LogP) is -4.03. The molecule has 0 aromatic carbocycles. The topological polar surface area (TPSA) is 158 Å². The number of hydrogen-bond acceptors (Lipinski definition) is 8. The summed E-state index contributed by atoms with van der Waals surface area (Å²) in [7, 11) is -5.67. The molecule has 5 N–H and O–H groups in total. The third kappa shape index (κ3) is 4.02. The Morgan fingerprint density at radius 1 is 1.32 bits per heavy atom. The third-order valence-electron chi connectivity index (χ3n) is 3.13. The molecule has 1 heterocycles. The van der Waals surface area contributed by atoms with Gasteiger partial charge < -0.3 is 30.1 Å². The first kappa shape index (κ1) is 17.1. The van der Waals surface area contributed by atoms with Gasteiger partial charge in [0.25, 0.3) is 0 Å². The van der Waals surface area contributed by atoms with Gasteiger partial charge in [0.1, 0.15) is 45.2 Å². The minimum atomic E-state index is -4.84. The standard InChI is InChI=1S/C9H18O8S2/c10-1-7-9(14)6(13)4-18(7)3-5(12)8(2-11)19(15,16)17/h5-14H,1-4H2/t5?,6-,7+,8?,9+,18?/m0/s1. The summed E-state index contributed by atoms with van der Waals surface area (Å²) in [5.41, 5.74) is 0. The molecule has 1 aliphatic heterocycles. The quantitative estimate of drug-likeness (QED) is 0.244. The van der Waals surface area contributed by atoms with Crippen LogP contribution < -0.4 is 0 Å². The highest BCUT2D eigenvalue weighted by molar-refractivity contribution is 7.98. The van der Waals surface area contributed by atoms with Crippen molar-refractivity contribution in [1.82, 2.24) is 0 Å². The van der Waals surface area contributed by atoms with Crippen LogP contribution in [0.3, 0.4) is 0 Å². The van der Waals surface area contributed by atoms with Gasteiger partial charge in [-0.3, -0.25) is 0 Å². The van der Waals surface area contributed by atoms with Gasteiger partial charge in [-0.2, -0.15) is 0 Å². The fourth-order valence-corrected chi connectivity index (χ4v) is 5.53. The lowest BCUT2D eigenvalue weighted by Crippen LogP contribution is -2.44. The Kier molecular flexibility index (Phi) is 6.01. The first-order valence-corrected chi connectivity index (χ1v) is 8.69. The molecular weight excluding hydrogens is 300 g/mol. The lowest BCUT2D eigenvalue weighted by Gasteiger charge is -2.23. The van der Waals surface area contributed by atoms with Crippen LogP contribution in [0.25, 0.3) is 0 Å². The van der Waals surface area contributed by atoms with Crippen molar-refractivity contribution in [2.24, 2.45) is 0 Å². The number of aliphatic hydroxyl groups excluding tert-OH is 5. The summed E-state index contributed by atoms with van der Waals surface area (Å²) in [6.45, 7) is -1.42. The van der Waals surface area contributed by atoms with Gasteiger partial charge in [0.2, 0.25) is 0 Å². The Morgan fingerprint density at radius 2 is 1.89 bits per heavy atom. The van der Waals surface area contributed by atoms with E-state index in [0.29, 0.717) is 0 Å². The summed E-state index contributed by atoms with van der Waals surface area (Å²) >= 11 is 0. The van der Waals surface area contributed by atoms with Gasteiger partial charge >= 0.3 is 0 Å². The zero-order valence-electron chi connectivity index (χ0n) is 9.99. The first-order valence-electron chi connectivity index (χ1n) is 5.59. The van der Waals surface area contributed by atoms with Gasteiger partial charge in [-0.15, -0.1) is 0 Å². The molecule has 0 aliphatic carbocycles. The highest BCUT2D eigenvalue weighted by Crippen LogP contribution is 2.25. The van der Waals surface area contributed by atoms with Crippen molar-refractivity contribution in [3.8, 4) is 0 Å². The molecule has 0 spiro atoms. The van der Waals surface area contributed by atoms with Gasteiger partial charge in [0.15, 0.2) is 5.25 Å².